The summed E-state index contributed by atoms with van der Waals surface area (Å²) in [5.41, 5.74) is 10.9. The average molecular weight is 829 g/mol. The number of amides is 2. The maximum Gasteiger partial charge on any atom is 0.295 e. The number of rotatable bonds is 9. The van der Waals surface area contributed by atoms with Gasteiger partial charge in [0.2, 0.25) is 11.8 Å². The molecule has 0 aromatic heterocycles. The van der Waals surface area contributed by atoms with Gasteiger partial charge < -0.3 is 20.4 Å². The number of nitrogens with zero attached hydrogens (tertiary/aromatic N) is 1. The zero-order valence-corrected chi connectivity index (χ0v) is 37.5. The van der Waals surface area contributed by atoms with E-state index in [1.54, 1.807) is 18.2 Å². The van der Waals surface area contributed by atoms with Crippen molar-refractivity contribution < 1.29 is 27.0 Å². The Kier molecular flexibility index (Phi) is 11.9. The molecule has 0 bridgehead atoms. The molecular weight excluding hydrogens is 773 g/mol. The Morgan fingerprint density at radius 2 is 1.23 bits per heavy atom. The zero-order valence-electron chi connectivity index (χ0n) is 36.7. The summed E-state index contributed by atoms with van der Waals surface area (Å²) in [7, 11) is -4.61. The van der Waals surface area contributed by atoms with Crippen LogP contribution in [0.1, 0.15) is 87.8 Å². The molecule has 6 rings (SSSR count). The van der Waals surface area contributed by atoms with E-state index in [2.05, 4.69) is 16.0 Å². The summed E-state index contributed by atoms with van der Waals surface area (Å²) in [6.45, 7) is 24.0. The normalized spacial score (nSPS) is 12.6. The minimum absolute atomic E-state index is 0.0558. The van der Waals surface area contributed by atoms with Gasteiger partial charge in [0.15, 0.2) is 0 Å². The van der Waals surface area contributed by atoms with Gasteiger partial charge in [0.25, 0.3) is 10.1 Å². The number of aryl methyl sites for hydroxylation is 4. The molecule has 0 unspecified atom stereocenters. The van der Waals surface area contributed by atoms with Gasteiger partial charge in [-0.15, -0.1) is 0 Å². The minimum Gasteiger partial charge on any atom is -0.456 e. The molecule has 60 heavy (non-hydrogen) atoms. The Labute approximate surface area is 353 Å². The quantitative estimate of drug-likeness (QED) is 0.0837. The maximum atomic E-state index is 13.0. The molecule has 10 nitrogen and oxygen atoms in total. The van der Waals surface area contributed by atoms with Crippen molar-refractivity contribution in [3.8, 4) is 22.5 Å². The van der Waals surface area contributed by atoms with Gasteiger partial charge in [-0.2, -0.15) is 8.42 Å². The molecule has 0 fully saturated rings. The summed E-state index contributed by atoms with van der Waals surface area (Å²) in [5.74, 6) is 0.316. The van der Waals surface area contributed by atoms with Crippen molar-refractivity contribution >= 4 is 61.3 Å². The first kappa shape index (κ1) is 43.8. The van der Waals surface area contributed by atoms with Crippen LogP contribution >= 0.6 is 0 Å². The third kappa shape index (κ3) is 9.64. The molecule has 0 atom stereocenters. The Hall–Kier alpha value is -5.78. The Morgan fingerprint density at radius 3 is 1.83 bits per heavy atom. The zero-order chi connectivity index (χ0) is 44.1. The van der Waals surface area contributed by atoms with Crippen LogP contribution in [0.15, 0.2) is 87.1 Å². The number of carbonyl (C=O) groups excluding carboxylic acids is 2. The molecule has 4 N–H and O–H groups in total. The first-order valence-corrected chi connectivity index (χ1v) is 21.5. The molecule has 1 aliphatic carbocycles. The summed E-state index contributed by atoms with van der Waals surface area (Å²) in [5, 5.41) is 11.0. The van der Waals surface area contributed by atoms with Gasteiger partial charge in [0, 0.05) is 69.8 Å². The lowest BCUT2D eigenvalue weighted by atomic mass is 9.91. The number of carbonyl (C=O) groups is 2. The van der Waals surface area contributed by atoms with Crippen LogP contribution < -0.4 is 21.3 Å². The topological polar surface area (TPSA) is 150 Å². The third-order valence-electron chi connectivity index (χ3n) is 10.5. The van der Waals surface area contributed by atoms with Crippen molar-refractivity contribution in [3.63, 3.8) is 0 Å². The predicted molar refractivity (Wildman–Crippen MR) is 243 cm³/mol. The summed E-state index contributed by atoms with van der Waals surface area (Å²) in [4.78, 5) is 30.9. The van der Waals surface area contributed by atoms with E-state index in [0.717, 1.165) is 50.4 Å². The van der Waals surface area contributed by atoms with E-state index in [4.69, 9.17) is 9.41 Å². The molecule has 314 valence electrons. The standard InChI is InChI=1S/C49H56N4O6S/c1-27-21-29(3)46(52-41(54)25-48(7,8)9)31(5)44(27)50-33-17-19-35-38(23-33)59-39-24-34(18-20-36(39)43(35)37-15-13-14-16-40(37)60(56,57)58)51-45-28(2)22-30(4)47(32(45)6)53-42(55)26-49(10,11)12/h13-24,50H,25-26H2,1-12H3,(H,52,54)(H,53,55)(H,56,57,58). The lowest BCUT2D eigenvalue weighted by molar-refractivity contribution is -0.118. The average Bonchev–Trinajstić information content (AvgIpc) is 3.12. The second-order valence-electron chi connectivity index (χ2n) is 18.4. The van der Waals surface area contributed by atoms with Gasteiger partial charge in [-0.25, -0.2) is 4.99 Å². The molecule has 0 saturated heterocycles. The lowest BCUT2D eigenvalue weighted by Gasteiger charge is -2.22. The Bertz CT molecular complexity index is 2840. The van der Waals surface area contributed by atoms with Crippen LogP contribution in [0.2, 0.25) is 0 Å². The van der Waals surface area contributed by atoms with Gasteiger partial charge in [0.05, 0.1) is 11.0 Å². The summed E-state index contributed by atoms with van der Waals surface area (Å²) >= 11 is 0. The monoisotopic (exact) mass is 828 g/mol. The maximum absolute atomic E-state index is 13.0. The predicted octanol–water partition coefficient (Wildman–Crippen LogP) is 12.0. The lowest BCUT2D eigenvalue weighted by Crippen LogP contribution is -2.21. The number of nitrogens with one attached hydrogen (secondary N) is 3. The van der Waals surface area contributed by atoms with Crippen LogP contribution in [0.3, 0.4) is 0 Å². The van der Waals surface area contributed by atoms with Gasteiger partial charge in [-0.3, -0.25) is 14.1 Å². The molecule has 2 aliphatic rings. The molecule has 0 spiro atoms. The van der Waals surface area contributed by atoms with E-state index in [-0.39, 0.29) is 27.5 Å². The third-order valence-corrected chi connectivity index (χ3v) is 11.4. The fraction of sp³-hybridized carbons (Fsp3) is 0.327. The highest BCUT2D eigenvalue weighted by molar-refractivity contribution is 7.86. The van der Waals surface area contributed by atoms with E-state index in [9.17, 15) is 22.6 Å². The van der Waals surface area contributed by atoms with E-state index in [0.29, 0.717) is 63.0 Å². The largest absolute Gasteiger partial charge is 0.456 e. The Balaban J connectivity index is 1.52. The van der Waals surface area contributed by atoms with E-state index in [1.807, 2.05) is 132 Å². The molecule has 0 radical (unpaired) electrons. The van der Waals surface area contributed by atoms with Crippen LogP contribution in [0.25, 0.3) is 33.4 Å². The first-order chi connectivity index (χ1) is 27.9. The summed E-state index contributed by atoms with van der Waals surface area (Å²) < 4.78 is 42.6. The molecular formula is C49H56N4O6S. The van der Waals surface area contributed by atoms with Gasteiger partial charge in [-0.05, 0) is 116 Å². The number of hydrogen-bond acceptors (Lipinski definition) is 7. The molecule has 1 aliphatic heterocycles. The number of benzene rings is 5. The first-order valence-electron chi connectivity index (χ1n) is 20.1. The van der Waals surface area contributed by atoms with Crippen molar-refractivity contribution in [2.24, 2.45) is 15.8 Å². The van der Waals surface area contributed by atoms with E-state index < -0.39 is 10.1 Å². The second kappa shape index (κ2) is 16.3. The van der Waals surface area contributed by atoms with Crippen molar-refractivity contribution in [2.75, 3.05) is 16.0 Å². The molecule has 1 heterocycles. The highest BCUT2D eigenvalue weighted by atomic mass is 32.2. The fourth-order valence-electron chi connectivity index (χ4n) is 7.93. The summed E-state index contributed by atoms with van der Waals surface area (Å²) in [6, 6.07) is 21.5. The molecule has 4 aromatic rings. The van der Waals surface area contributed by atoms with Crippen LogP contribution in [0.4, 0.5) is 28.4 Å². The molecule has 0 saturated carbocycles. The number of anilines is 4. The van der Waals surface area contributed by atoms with E-state index in [1.165, 1.54) is 6.07 Å². The van der Waals surface area contributed by atoms with Crippen molar-refractivity contribution in [3.05, 3.63) is 112 Å². The molecule has 2 amide bonds. The SMILES string of the molecule is Cc1cc(C)c(NC(=O)CC(C)(C)C)c(C)c1N=c1ccc2c(-c3ccccc3S(=O)(=O)O)c3ccc(Nc4c(C)cc(C)c(NC(=O)CC(C)(C)C)c4C)cc3oc-2c1. The van der Waals surface area contributed by atoms with Gasteiger partial charge in [-0.1, -0.05) is 71.9 Å². The number of hydrogen-bond donors (Lipinski definition) is 4. The fourth-order valence-corrected chi connectivity index (χ4v) is 8.63. The van der Waals surface area contributed by atoms with E-state index >= 15 is 0 Å². The Morgan fingerprint density at radius 1 is 0.667 bits per heavy atom. The molecule has 4 aromatic carbocycles. The van der Waals surface area contributed by atoms with Crippen LogP contribution in [-0.2, 0) is 19.7 Å². The summed E-state index contributed by atoms with van der Waals surface area (Å²) in [6.07, 6.45) is 0.746. The smallest absolute Gasteiger partial charge is 0.295 e. The molecule has 11 heteroatoms. The van der Waals surface area contributed by atoms with Crippen molar-refractivity contribution in [1.29, 1.82) is 0 Å². The van der Waals surface area contributed by atoms with Gasteiger partial charge in [0.1, 0.15) is 16.2 Å². The highest BCUT2D eigenvalue weighted by Crippen LogP contribution is 2.44. The number of fused-ring (bicyclic) bond motifs is 2. The van der Waals surface area contributed by atoms with Crippen LogP contribution in [-0.4, -0.2) is 24.8 Å². The van der Waals surface area contributed by atoms with Gasteiger partial charge >= 0.3 is 0 Å². The van der Waals surface area contributed by atoms with Crippen molar-refractivity contribution in [1.82, 2.24) is 0 Å². The second-order valence-corrected chi connectivity index (χ2v) is 19.8. The van der Waals surface area contributed by atoms with Crippen molar-refractivity contribution in [2.45, 2.75) is 101 Å². The van der Waals surface area contributed by atoms with Crippen LogP contribution in [0, 0.1) is 52.4 Å². The highest BCUT2D eigenvalue weighted by Gasteiger charge is 2.25. The van der Waals surface area contributed by atoms with Crippen LogP contribution in [0.5, 0.6) is 0 Å². The minimum atomic E-state index is -4.61.